The van der Waals surface area contributed by atoms with E-state index < -0.39 is 0 Å². The second kappa shape index (κ2) is 4.10. The first-order valence-corrected chi connectivity index (χ1v) is 3.96. The van der Waals surface area contributed by atoms with Crippen molar-refractivity contribution in [3.05, 3.63) is 5.21 Å². The molecule has 1 fully saturated rings. The van der Waals surface area contributed by atoms with Gasteiger partial charge in [-0.25, -0.2) is 0 Å². The van der Waals surface area contributed by atoms with E-state index >= 15 is 0 Å². The maximum absolute atomic E-state index is 10.7. The van der Waals surface area contributed by atoms with Crippen LogP contribution in [0.15, 0.2) is 5.28 Å². The van der Waals surface area contributed by atoms with Crippen molar-refractivity contribution >= 4 is 0 Å². The summed E-state index contributed by atoms with van der Waals surface area (Å²) in [5, 5.41) is 31.6. The fourth-order valence-electron chi connectivity index (χ4n) is 1.33. The van der Waals surface area contributed by atoms with Crippen LogP contribution >= 0.6 is 0 Å². The van der Waals surface area contributed by atoms with Crippen molar-refractivity contribution in [2.45, 2.75) is 12.8 Å². The van der Waals surface area contributed by atoms with E-state index in [2.05, 4.69) is 5.28 Å². The quantitative estimate of drug-likeness (QED) is 0.350. The molecule has 0 aliphatic carbocycles. The van der Waals surface area contributed by atoms with E-state index in [9.17, 15) is 5.21 Å². The molecule has 2 N–H and O–H groups in total. The van der Waals surface area contributed by atoms with Gasteiger partial charge in [-0.15, -0.1) is 5.01 Å². The molecule has 0 spiro atoms. The Bertz CT molecular complexity index is 165. The fourth-order valence-corrected chi connectivity index (χ4v) is 1.33. The zero-order valence-electron chi connectivity index (χ0n) is 6.76. The average molecular weight is 175 g/mol. The molecule has 0 atom stereocenters. The molecule has 1 aliphatic heterocycles. The van der Waals surface area contributed by atoms with Crippen LogP contribution in [-0.4, -0.2) is 40.0 Å². The molecule has 1 aliphatic rings. The predicted octanol–water partition coefficient (Wildman–Crippen LogP) is -0.0426. The molecular formula is C6H13N3O3. The Morgan fingerprint density at radius 1 is 1.50 bits per heavy atom. The van der Waals surface area contributed by atoms with E-state index in [1.165, 1.54) is 5.01 Å². The zero-order chi connectivity index (χ0) is 8.97. The zero-order valence-corrected chi connectivity index (χ0v) is 6.76. The minimum absolute atomic E-state index is 0.170. The first kappa shape index (κ1) is 9.05. The van der Waals surface area contributed by atoms with Crippen LogP contribution in [0, 0.1) is 11.1 Å². The van der Waals surface area contributed by atoms with E-state index in [1.54, 1.807) is 0 Å². The summed E-state index contributed by atoms with van der Waals surface area (Å²) < 4.78 is 0. The van der Waals surface area contributed by atoms with Crippen molar-refractivity contribution in [3.63, 3.8) is 0 Å². The van der Waals surface area contributed by atoms with Crippen LogP contribution in [0.4, 0.5) is 0 Å². The maximum atomic E-state index is 10.7. The first-order valence-electron chi connectivity index (χ1n) is 3.96. The van der Waals surface area contributed by atoms with Crippen LogP contribution in [0.3, 0.4) is 0 Å². The minimum Gasteiger partial charge on any atom is -0.569 e. The van der Waals surface area contributed by atoms with Gasteiger partial charge in [0, 0.05) is 6.61 Å². The van der Waals surface area contributed by atoms with Crippen LogP contribution in [-0.2, 0) is 0 Å². The Kier molecular flexibility index (Phi) is 3.09. The highest BCUT2D eigenvalue weighted by molar-refractivity contribution is 4.66. The number of piperidine rings is 1. The van der Waals surface area contributed by atoms with Crippen molar-refractivity contribution in [1.29, 1.82) is 0 Å². The number of nitrogens with zero attached hydrogens (tertiary/aromatic N) is 3. The average Bonchev–Trinajstić information content (AvgIpc) is 2.17. The summed E-state index contributed by atoms with van der Waals surface area (Å²) in [6, 6.07) is 0. The van der Waals surface area contributed by atoms with Crippen LogP contribution in [0.1, 0.15) is 12.8 Å². The van der Waals surface area contributed by atoms with Crippen molar-refractivity contribution in [2.24, 2.45) is 11.2 Å². The minimum atomic E-state index is 0.170. The van der Waals surface area contributed by atoms with E-state index in [-0.39, 0.29) is 17.5 Å². The van der Waals surface area contributed by atoms with Crippen molar-refractivity contribution in [2.75, 3.05) is 19.7 Å². The molecule has 6 heteroatoms. The van der Waals surface area contributed by atoms with Crippen LogP contribution in [0.25, 0.3) is 0 Å². The van der Waals surface area contributed by atoms with Crippen LogP contribution < -0.4 is 0 Å². The van der Waals surface area contributed by atoms with Gasteiger partial charge < -0.3 is 15.5 Å². The van der Waals surface area contributed by atoms with Gasteiger partial charge in [-0.05, 0) is 18.8 Å². The lowest BCUT2D eigenvalue weighted by molar-refractivity contribution is -0.711. The Balaban J connectivity index is 2.36. The Morgan fingerprint density at radius 2 is 2.08 bits per heavy atom. The van der Waals surface area contributed by atoms with Gasteiger partial charge in [-0.1, -0.05) is 0 Å². The summed E-state index contributed by atoms with van der Waals surface area (Å²) in [5.41, 5.74) is 0. The van der Waals surface area contributed by atoms with Gasteiger partial charge in [0.1, 0.15) is 0 Å². The lowest BCUT2D eigenvalue weighted by atomic mass is 9.99. The molecule has 0 aromatic carbocycles. The highest BCUT2D eigenvalue weighted by Crippen LogP contribution is 2.15. The highest BCUT2D eigenvalue weighted by Gasteiger charge is 2.22. The molecule has 0 aromatic heterocycles. The van der Waals surface area contributed by atoms with Crippen LogP contribution in [0.2, 0.25) is 0 Å². The molecule has 70 valence electrons. The largest absolute Gasteiger partial charge is 0.569 e. The third-order valence-corrected chi connectivity index (χ3v) is 2.17. The fraction of sp³-hybridized carbons (Fsp3) is 1.00. The lowest BCUT2D eigenvalue weighted by Crippen LogP contribution is -2.39. The SMILES string of the molecule is [O-][N+](=NO)N1CCC(CO)CC1. The van der Waals surface area contributed by atoms with E-state index in [1.807, 2.05) is 0 Å². The van der Waals surface area contributed by atoms with Gasteiger partial charge in [0.15, 0.2) is 0 Å². The summed E-state index contributed by atoms with van der Waals surface area (Å²) in [6.45, 7) is 1.25. The monoisotopic (exact) mass is 175 g/mol. The molecule has 1 heterocycles. The summed E-state index contributed by atoms with van der Waals surface area (Å²) >= 11 is 0. The van der Waals surface area contributed by atoms with Gasteiger partial charge >= 0.3 is 0 Å². The molecule has 0 saturated carbocycles. The number of hydrogen-bond donors (Lipinski definition) is 2. The van der Waals surface area contributed by atoms with Crippen molar-refractivity contribution in [1.82, 2.24) is 5.01 Å². The van der Waals surface area contributed by atoms with Crippen molar-refractivity contribution in [3.8, 4) is 0 Å². The Labute approximate surface area is 70.2 Å². The molecule has 0 unspecified atom stereocenters. The molecular weight excluding hydrogens is 162 g/mol. The summed E-state index contributed by atoms with van der Waals surface area (Å²) in [5.74, 6) is 0.286. The Hall–Kier alpha value is -1.04. The summed E-state index contributed by atoms with van der Waals surface area (Å²) in [7, 11) is 0. The highest BCUT2D eigenvalue weighted by atomic mass is 16.6. The lowest BCUT2D eigenvalue weighted by Gasteiger charge is -2.26. The number of hydrazine groups is 1. The van der Waals surface area contributed by atoms with Gasteiger partial charge in [-0.3, -0.25) is 0 Å². The predicted molar refractivity (Wildman–Crippen MR) is 39.2 cm³/mol. The molecule has 0 radical (unpaired) electrons. The first-order chi connectivity index (χ1) is 5.77. The number of aliphatic hydroxyl groups is 1. The molecule has 6 nitrogen and oxygen atoms in total. The van der Waals surface area contributed by atoms with Gasteiger partial charge in [0.25, 0.3) is 0 Å². The molecule has 0 bridgehead atoms. The molecule has 1 saturated heterocycles. The number of hydrogen-bond acceptors (Lipinski definition) is 3. The van der Waals surface area contributed by atoms with Crippen LogP contribution in [0.5, 0.6) is 0 Å². The summed E-state index contributed by atoms with van der Waals surface area (Å²) in [6.07, 6.45) is 1.54. The second-order valence-corrected chi connectivity index (χ2v) is 2.92. The van der Waals surface area contributed by atoms with E-state index in [0.717, 1.165) is 12.8 Å². The van der Waals surface area contributed by atoms with Gasteiger partial charge in [0.2, 0.25) is 5.28 Å². The van der Waals surface area contributed by atoms with Gasteiger partial charge in [0.05, 0.1) is 18.1 Å². The third kappa shape index (κ3) is 1.97. The smallest absolute Gasteiger partial charge is 0.230 e. The normalized spacial score (nSPS) is 21.4. The number of rotatable bonds is 2. The maximum Gasteiger partial charge on any atom is 0.230 e. The molecule has 0 aromatic rings. The molecule has 0 amide bonds. The number of aliphatic hydroxyl groups excluding tert-OH is 1. The topological polar surface area (TPSA) is 82.1 Å². The second-order valence-electron chi connectivity index (χ2n) is 2.92. The summed E-state index contributed by atoms with van der Waals surface area (Å²) in [4.78, 5) is 0.188. The Morgan fingerprint density at radius 3 is 2.50 bits per heavy atom. The standard InChI is InChI=1S/C6H13N3O3/c10-5-6-1-3-8(4-2-6)9(12)7-11/h6,10-11H,1-5H2. The third-order valence-electron chi connectivity index (χ3n) is 2.17. The van der Waals surface area contributed by atoms with Crippen molar-refractivity contribution < 1.29 is 15.3 Å². The van der Waals surface area contributed by atoms with Gasteiger partial charge in [-0.2, -0.15) is 0 Å². The van der Waals surface area contributed by atoms with E-state index in [4.69, 9.17) is 10.3 Å². The van der Waals surface area contributed by atoms with E-state index in [0.29, 0.717) is 13.1 Å². The molecule has 1 rings (SSSR count). The molecule has 12 heavy (non-hydrogen) atoms.